The summed E-state index contributed by atoms with van der Waals surface area (Å²) in [5.74, 6) is 2.25. The standard InChI is InChI=1S/C34H56O8/c1-18-8-11-32(4)21(14-18)6-7-22-23(32)10-12-33(5)24(22)15-25-27(33)20(3)34(39,42-25)13-9-19(2)17-40-31-30(38)29(37)28(36)26(16-35)41-31/h6,18-20,22-31,35-39H,7-17H2,1-5H3/t18?,19-,20+,22-,23+,24+,25?,26?,27-,28-,29?,30?,31-,32+,33+,34?/m1/s1. The Hall–Kier alpha value is -0.580. The smallest absolute Gasteiger partial charge is 0.186 e. The first-order valence-electron chi connectivity index (χ1n) is 16.8. The van der Waals surface area contributed by atoms with Crippen LogP contribution >= 0.6 is 0 Å². The maximum Gasteiger partial charge on any atom is 0.186 e. The maximum absolute atomic E-state index is 11.8. The molecule has 5 N–H and O–H groups in total. The Kier molecular flexibility index (Phi) is 8.48. The van der Waals surface area contributed by atoms with Crippen molar-refractivity contribution in [1.82, 2.24) is 0 Å². The van der Waals surface area contributed by atoms with Gasteiger partial charge in [-0.3, -0.25) is 0 Å². The second-order valence-electron chi connectivity index (χ2n) is 15.9. The van der Waals surface area contributed by atoms with Crippen LogP contribution in [-0.2, 0) is 14.2 Å². The Balaban J connectivity index is 1.06. The number of hydrogen-bond acceptors (Lipinski definition) is 8. The normalized spacial score (nSPS) is 54.4. The van der Waals surface area contributed by atoms with Gasteiger partial charge >= 0.3 is 0 Å². The SMILES string of the molecule is CC1CC[C@@]2(C)C(=CC[C@H]3[C@@H]4CC5OC(O)(CC[C@@H](C)CO[C@@H]6OC(CO)[C@@H](O)C(O)C6O)[C@@H](C)[C@H]5[C@@]4(C)CC[C@@H]32)C1. The van der Waals surface area contributed by atoms with Crippen LogP contribution in [0.2, 0.25) is 0 Å². The van der Waals surface area contributed by atoms with E-state index in [4.69, 9.17) is 14.2 Å². The van der Waals surface area contributed by atoms with Gasteiger partial charge in [0.25, 0.3) is 0 Å². The lowest BCUT2D eigenvalue weighted by Crippen LogP contribution is -2.59. The fraction of sp³-hybridized carbons (Fsp3) is 0.941. The molecule has 240 valence electrons. The van der Waals surface area contributed by atoms with E-state index in [1.807, 2.05) is 6.92 Å². The minimum Gasteiger partial charge on any atom is -0.394 e. The van der Waals surface area contributed by atoms with Gasteiger partial charge in [-0.15, -0.1) is 0 Å². The van der Waals surface area contributed by atoms with Crippen molar-refractivity contribution in [2.75, 3.05) is 13.2 Å². The molecule has 3 saturated carbocycles. The molecule has 6 rings (SSSR count). The first-order valence-corrected chi connectivity index (χ1v) is 16.8. The summed E-state index contributed by atoms with van der Waals surface area (Å²) in [5.41, 5.74) is 2.31. The Morgan fingerprint density at radius 2 is 1.81 bits per heavy atom. The van der Waals surface area contributed by atoms with Gasteiger partial charge in [-0.05, 0) is 97.7 Å². The molecule has 8 nitrogen and oxygen atoms in total. The molecule has 42 heavy (non-hydrogen) atoms. The van der Waals surface area contributed by atoms with Crippen LogP contribution in [0.5, 0.6) is 0 Å². The lowest BCUT2D eigenvalue weighted by molar-refractivity contribution is -0.303. The van der Waals surface area contributed by atoms with Crippen molar-refractivity contribution in [2.45, 2.75) is 135 Å². The van der Waals surface area contributed by atoms with Crippen molar-refractivity contribution in [3.05, 3.63) is 11.6 Å². The Morgan fingerprint density at radius 1 is 1.05 bits per heavy atom. The second-order valence-corrected chi connectivity index (χ2v) is 15.9. The number of rotatable bonds is 7. The van der Waals surface area contributed by atoms with Crippen molar-refractivity contribution in [2.24, 2.45) is 52.3 Å². The molecule has 4 aliphatic carbocycles. The molecule has 2 heterocycles. The molecule has 2 saturated heterocycles. The zero-order valence-electron chi connectivity index (χ0n) is 26.3. The van der Waals surface area contributed by atoms with Crippen molar-refractivity contribution < 1.29 is 39.7 Å². The summed E-state index contributed by atoms with van der Waals surface area (Å²) >= 11 is 0. The van der Waals surface area contributed by atoms with Gasteiger partial charge in [0, 0.05) is 12.3 Å². The van der Waals surface area contributed by atoms with Gasteiger partial charge in [-0.2, -0.15) is 0 Å². The largest absolute Gasteiger partial charge is 0.394 e. The van der Waals surface area contributed by atoms with Crippen LogP contribution in [0.15, 0.2) is 11.6 Å². The molecule has 6 unspecified atom stereocenters. The Labute approximate surface area is 251 Å². The van der Waals surface area contributed by atoms with E-state index in [1.54, 1.807) is 5.57 Å². The lowest BCUT2D eigenvalue weighted by Gasteiger charge is -2.58. The van der Waals surface area contributed by atoms with Gasteiger partial charge in [-0.1, -0.05) is 46.3 Å². The molecule has 5 fully saturated rings. The van der Waals surface area contributed by atoms with Gasteiger partial charge in [-0.25, -0.2) is 0 Å². The summed E-state index contributed by atoms with van der Waals surface area (Å²) in [6.07, 6.45) is 6.29. The zero-order valence-corrected chi connectivity index (χ0v) is 26.3. The Morgan fingerprint density at radius 3 is 2.55 bits per heavy atom. The summed E-state index contributed by atoms with van der Waals surface area (Å²) in [6, 6.07) is 0. The molecular formula is C34H56O8. The molecule has 8 heteroatoms. The molecule has 0 spiro atoms. The molecule has 0 amide bonds. The molecule has 16 atom stereocenters. The van der Waals surface area contributed by atoms with Crippen LogP contribution < -0.4 is 0 Å². The highest BCUT2D eigenvalue weighted by atomic mass is 16.7. The minimum atomic E-state index is -1.45. The molecule has 0 aromatic carbocycles. The van der Waals surface area contributed by atoms with E-state index in [0.29, 0.717) is 30.1 Å². The number of fused-ring (bicyclic) bond motifs is 7. The monoisotopic (exact) mass is 592 g/mol. The third-order valence-corrected chi connectivity index (χ3v) is 13.4. The van der Waals surface area contributed by atoms with Crippen molar-refractivity contribution >= 4 is 0 Å². The van der Waals surface area contributed by atoms with Crippen molar-refractivity contribution in [3.63, 3.8) is 0 Å². The third kappa shape index (κ3) is 4.95. The second kappa shape index (κ2) is 11.3. The fourth-order valence-corrected chi connectivity index (χ4v) is 10.8. The van der Waals surface area contributed by atoms with E-state index < -0.39 is 43.1 Å². The van der Waals surface area contributed by atoms with Crippen LogP contribution in [-0.4, -0.2) is 81.3 Å². The predicted molar refractivity (Wildman–Crippen MR) is 157 cm³/mol. The van der Waals surface area contributed by atoms with Crippen LogP contribution in [0.1, 0.15) is 92.4 Å². The van der Waals surface area contributed by atoms with Crippen molar-refractivity contribution in [1.29, 1.82) is 0 Å². The molecule has 0 bridgehead atoms. The number of hydrogen-bond donors (Lipinski definition) is 5. The first kappa shape index (κ1) is 31.4. The quantitative estimate of drug-likeness (QED) is 0.283. The van der Waals surface area contributed by atoms with Crippen LogP contribution in [0.3, 0.4) is 0 Å². The van der Waals surface area contributed by atoms with Gasteiger partial charge < -0.3 is 39.7 Å². The average Bonchev–Trinajstić information content (AvgIpc) is 3.39. The third-order valence-electron chi connectivity index (χ3n) is 13.4. The summed E-state index contributed by atoms with van der Waals surface area (Å²) in [5, 5.41) is 51.6. The summed E-state index contributed by atoms with van der Waals surface area (Å²) < 4.78 is 17.9. The molecular weight excluding hydrogens is 536 g/mol. The van der Waals surface area contributed by atoms with Crippen LogP contribution in [0.4, 0.5) is 0 Å². The van der Waals surface area contributed by atoms with Gasteiger partial charge in [0.1, 0.15) is 24.4 Å². The molecule has 0 aromatic heterocycles. The zero-order chi connectivity index (χ0) is 30.2. The van der Waals surface area contributed by atoms with E-state index in [1.165, 1.54) is 38.5 Å². The molecule has 2 aliphatic heterocycles. The van der Waals surface area contributed by atoms with Gasteiger partial charge in [0.2, 0.25) is 0 Å². The maximum atomic E-state index is 11.8. The van der Waals surface area contributed by atoms with Crippen molar-refractivity contribution in [3.8, 4) is 0 Å². The van der Waals surface area contributed by atoms with E-state index in [0.717, 1.165) is 24.2 Å². The topological polar surface area (TPSA) is 129 Å². The molecule has 0 radical (unpaired) electrons. The number of aliphatic hydroxyl groups is 5. The molecule has 0 aromatic rings. The van der Waals surface area contributed by atoms with E-state index in [9.17, 15) is 25.5 Å². The summed E-state index contributed by atoms with van der Waals surface area (Å²) in [7, 11) is 0. The van der Waals surface area contributed by atoms with E-state index in [2.05, 4.69) is 33.8 Å². The number of allylic oxidation sites excluding steroid dienone is 2. The Bertz CT molecular complexity index is 1020. The minimum absolute atomic E-state index is 0.0404. The fourth-order valence-electron chi connectivity index (χ4n) is 10.8. The number of aliphatic hydroxyl groups excluding tert-OH is 4. The highest BCUT2D eigenvalue weighted by Crippen LogP contribution is 2.70. The van der Waals surface area contributed by atoms with E-state index >= 15 is 0 Å². The predicted octanol–water partition coefficient (Wildman–Crippen LogP) is 3.77. The van der Waals surface area contributed by atoms with E-state index in [-0.39, 0.29) is 30.0 Å². The van der Waals surface area contributed by atoms with Gasteiger partial charge in [0.05, 0.1) is 19.3 Å². The summed E-state index contributed by atoms with van der Waals surface area (Å²) in [6.45, 7) is 11.5. The van der Waals surface area contributed by atoms with Crippen LogP contribution in [0, 0.1) is 52.3 Å². The molecule has 6 aliphatic rings. The van der Waals surface area contributed by atoms with Gasteiger partial charge in [0.15, 0.2) is 12.1 Å². The highest BCUT2D eigenvalue weighted by molar-refractivity contribution is 5.26. The first-order chi connectivity index (χ1) is 19.8. The average molecular weight is 593 g/mol. The van der Waals surface area contributed by atoms with Crippen LogP contribution in [0.25, 0.3) is 0 Å². The lowest BCUT2D eigenvalue weighted by atomic mass is 9.46. The highest BCUT2D eigenvalue weighted by Gasteiger charge is 2.67. The number of ether oxygens (including phenoxy) is 3. The summed E-state index contributed by atoms with van der Waals surface area (Å²) in [4.78, 5) is 0.